The third kappa shape index (κ3) is 5.66. The summed E-state index contributed by atoms with van der Waals surface area (Å²) in [4.78, 5) is 0. The van der Waals surface area contributed by atoms with E-state index in [1.807, 2.05) is 6.92 Å². The SMILES string of the molecule is CCCCCC(OCC(O)CO)C1CC(O)C(CC)O1. The fourth-order valence-electron chi connectivity index (χ4n) is 2.63. The summed E-state index contributed by atoms with van der Waals surface area (Å²) >= 11 is 0. The van der Waals surface area contributed by atoms with Gasteiger partial charge >= 0.3 is 0 Å². The van der Waals surface area contributed by atoms with Crippen LogP contribution in [0.4, 0.5) is 0 Å². The van der Waals surface area contributed by atoms with Gasteiger partial charge in [-0.25, -0.2) is 0 Å². The first-order valence-corrected chi connectivity index (χ1v) is 7.86. The molecule has 0 bridgehead atoms. The van der Waals surface area contributed by atoms with Gasteiger partial charge in [0, 0.05) is 6.42 Å². The lowest BCUT2D eigenvalue weighted by atomic mass is 10.0. The zero-order valence-corrected chi connectivity index (χ0v) is 12.7. The molecule has 0 aromatic heterocycles. The molecular formula is C15H30O5. The Hall–Kier alpha value is -0.200. The molecule has 0 aromatic carbocycles. The Kier molecular flexibility index (Phi) is 8.64. The van der Waals surface area contributed by atoms with Crippen molar-refractivity contribution in [2.45, 2.75) is 82.9 Å². The van der Waals surface area contributed by atoms with Crippen molar-refractivity contribution >= 4 is 0 Å². The maximum Gasteiger partial charge on any atom is 0.100 e. The maximum absolute atomic E-state index is 9.93. The summed E-state index contributed by atoms with van der Waals surface area (Å²) < 4.78 is 11.6. The van der Waals surface area contributed by atoms with Crippen LogP contribution >= 0.6 is 0 Å². The first-order valence-electron chi connectivity index (χ1n) is 7.86. The van der Waals surface area contributed by atoms with Gasteiger partial charge in [-0.2, -0.15) is 0 Å². The lowest BCUT2D eigenvalue weighted by Gasteiger charge is -2.25. The molecule has 5 unspecified atom stereocenters. The van der Waals surface area contributed by atoms with Crippen molar-refractivity contribution in [2.24, 2.45) is 0 Å². The Morgan fingerprint density at radius 1 is 1.30 bits per heavy atom. The van der Waals surface area contributed by atoms with E-state index in [2.05, 4.69) is 6.92 Å². The predicted octanol–water partition coefficient (Wildman–Crippen LogP) is 1.23. The molecule has 0 amide bonds. The molecular weight excluding hydrogens is 260 g/mol. The number of hydrogen-bond donors (Lipinski definition) is 3. The molecule has 0 aliphatic carbocycles. The minimum atomic E-state index is -0.850. The van der Waals surface area contributed by atoms with E-state index in [0.29, 0.717) is 6.42 Å². The fraction of sp³-hybridized carbons (Fsp3) is 1.00. The monoisotopic (exact) mass is 290 g/mol. The molecule has 1 aliphatic rings. The van der Waals surface area contributed by atoms with Gasteiger partial charge in [0.15, 0.2) is 0 Å². The van der Waals surface area contributed by atoms with Gasteiger partial charge in [0.05, 0.1) is 37.6 Å². The quantitative estimate of drug-likeness (QED) is 0.527. The van der Waals surface area contributed by atoms with Crippen molar-refractivity contribution in [3.63, 3.8) is 0 Å². The van der Waals surface area contributed by atoms with Crippen LogP contribution < -0.4 is 0 Å². The standard InChI is InChI=1S/C15H30O5/c1-3-5-6-7-14(19-10-11(17)9-16)15-8-12(18)13(4-2)20-15/h11-18H,3-10H2,1-2H3. The number of hydrogen-bond acceptors (Lipinski definition) is 5. The molecule has 5 atom stereocenters. The highest BCUT2D eigenvalue weighted by molar-refractivity contribution is 4.86. The molecule has 5 nitrogen and oxygen atoms in total. The summed E-state index contributed by atoms with van der Waals surface area (Å²) in [6, 6.07) is 0. The summed E-state index contributed by atoms with van der Waals surface area (Å²) in [6.07, 6.45) is 3.94. The Morgan fingerprint density at radius 2 is 2.05 bits per heavy atom. The van der Waals surface area contributed by atoms with Crippen LogP contribution in [-0.4, -0.2) is 59.1 Å². The van der Waals surface area contributed by atoms with Gasteiger partial charge in [0.25, 0.3) is 0 Å². The second kappa shape index (κ2) is 9.68. The van der Waals surface area contributed by atoms with Gasteiger partial charge in [0.2, 0.25) is 0 Å². The van der Waals surface area contributed by atoms with Crippen LogP contribution in [0.25, 0.3) is 0 Å². The first kappa shape index (κ1) is 17.9. The molecule has 1 aliphatic heterocycles. The van der Waals surface area contributed by atoms with Crippen LogP contribution in [0.5, 0.6) is 0 Å². The molecule has 0 spiro atoms. The molecule has 1 rings (SSSR count). The van der Waals surface area contributed by atoms with Crippen LogP contribution in [0.3, 0.4) is 0 Å². The highest BCUT2D eigenvalue weighted by Gasteiger charge is 2.37. The van der Waals surface area contributed by atoms with Crippen molar-refractivity contribution in [1.82, 2.24) is 0 Å². The fourth-order valence-corrected chi connectivity index (χ4v) is 2.63. The molecule has 120 valence electrons. The van der Waals surface area contributed by atoms with Gasteiger partial charge in [-0.1, -0.05) is 33.1 Å². The first-order chi connectivity index (χ1) is 9.62. The summed E-state index contributed by atoms with van der Waals surface area (Å²) in [5.41, 5.74) is 0. The van der Waals surface area contributed by atoms with E-state index in [9.17, 15) is 10.2 Å². The van der Waals surface area contributed by atoms with E-state index < -0.39 is 12.2 Å². The van der Waals surface area contributed by atoms with Gasteiger partial charge in [0.1, 0.15) is 6.10 Å². The second-order valence-electron chi connectivity index (χ2n) is 5.63. The lowest BCUT2D eigenvalue weighted by Crippen LogP contribution is -2.33. The third-order valence-corrected chi connectivity index (χ3v) is 3.88. The number of aliphatic hydroxyl groups is 3. The topological polar surface area (TPSA) is 79.2 Å². The Bertz CT molecular complexity index is 248. The number of rotatable bonds is 10. The maximum atomic E-state index is 9.93. The summed E-state index contributed by atoms with van der Waals surface area (Å²) in [6.45, 7) is 3.96. The molecule has 1 fully saturated rings. The summed E-state index contributed by atoms with van der Waals surface area (Å²) in [5, 5.41) is 28.2. The van der Waals surface area contributed by atoms with Crippen LogP contribution in [0.1, 0.15) is 52.4 Å². The van der Waals surface area contributed by atoms with Crippen LogP contribution in [0.2, 0.25) is 0 Å². The van der Waals surface area contributed by atoms with Crippen molar-refractivity contribution in [3.05, 3.63) is 0 Å². The van der Waals surface area contributed by atoms with Crippen LogP contribution in [-0.2, 0) is 9.47 Å². The molecule has 20 heavy (non-hydrogen) atoms. The van der Waals surface area contributed by atoms with Gasteiger partial charge < -0.3 is 24.8 Å². The average molecular weight is 290 g/mol. The molecule has 0 saturated carbocycles. The lowest BCUT2D eigenvalue weighted by molar-refractivity contribution is -0.0992. The third-order valence-electron chi connectivity index (χ3n) is 3.88. The van der Waals surface area contributed by atoms with Gasteiger partial charge in [-0.3, -0.25) is 0 Å². The van der Waals surface area contributed by atoms with E-state index in [1.54, 1.807) is 0 Å². The second-order valence-corrected chi connectivity index (χ2v) is 5.63. The Labute approximate surface area is 121 Å². The Balaban J connectivity index is 2.48. The molecule has 0 radical (unpaired) electrons. The van der Waals surface area contributed by atoms with Crippen molar-refractivity contribution in [3.8, 4) is 0 Å². The van der Waals surface area contributed by atoms with Crippen LogP contribution in [0.15, 0.2) is 0 Å². The normalized spacial score (nSPS) is 29.6. The Morgan fingerprint density at radius 3 is 2.60 bits per heavy atom. The summed E-state index contributed by atoms with van der Waals surface area (Å²) in [5.74, 6) is 0. The van der Waals surface area contributed by atoms with E-state index in [-0.39, 0.29) is 31.5 Å². The zero-order chi connectivity index (χ0) is 15.0. The minimum Gasteiger partial charge on any atom is -0.394 e. The van der Waals surface area contributed by atoms with Crippen molar-refractivity contribution < 1.29 is 24.8 Å². The molecule has 0 aromatic rings. The zero-order valence-electron chi connectivity index (χ0n) is 12.7. The smallest absolute Gasteiger partial charge is 0.100 e. The van der Waals surface area contributed by atoms with Gasteiger partial charge in [-0.05, 0) is 12.8 Å². The van der Waals surface area contributed by atoms with E-state index in [0.717, 1.165) is 32.1 Å². The molecule has 3 N–H and O–H groups in total. The molecule has 1 heterocycles. The minimum absolute atomic E-state index is 0.111. The number of unbranched alkanes of at least 4 members (excludes halogenated alkanes) is 2. The summed E-state index contributed by atoms with van der Waals surface area (Å²) in [7, 11) is 0. The van der Waals surface area contributed by atoms with E-state index in [4.69, 9.17) is 14.6 Å². The highest BCUT2D eigenvalue weighted by atomic mass is 16.6. The van der Waals surface area contributed by atoms with E-state index >= 15 is 0 Å². The van der Waals surface area contributed by atoms with Crippen molar-refractivity contribution in [1.29, 1.82) is 0 Å². The molecule has 1 saturated heterocycles. The number of aliphatic hydroxyl groups excluding tert-OH is 3. The average Bonchev–Trinajstić information content (AvgIpc) is 2.83. The molecule has 5 heteroatoms. The van der Waals surface area contributed by atoms with Crippen LogP contribution in [0, 0.1) is 0 Å². The largest absolute Gasteiger partial charge is 0.394 e. The van der Waals surface area contributed by atoms with Crippen molar-refractivity contribution in [2.75, 3.05) is 13.2 Å². The number of ether oxygens (including phenoxy) is 2. The van der Waals surface area contributed by atoms with E-state index in [1.165, 1.54) is 0 Å². The highest BCUT2D eigenvalue weighted by Crippen LogP contribution is 2.28. The predicted molar refractivity (Wildman–Crippen MR) is 76.6 cm³/mol. The van der Waals surface area contributed by atoms with Gasteiger partial charge in [-0.15, -0.1) is 0 Å².